The Labute approximate surface area is 175 Å². The summed E-state index contributed by atoms with van der Waals surface area (Å²) in [6, 6.07) is 10.3. The molecule has 30 heavy (non-hydrogen) atoms. The van der Waals surface area contributed by atoms with E-state index in [1.54, 1.807) is 12.1 Å². The molecule has 1 heterocycles. The number of carbonyl (C=O) groups is 1. The molecule has 154 valence electrons. The summed E-state index contributed by atoms with van der Waals surface area (Å²) < 4.78 is 2.03. The first-order chi connectivity index (χ1) is 14.3. The van der Waals surface area contributed by atoms with Crippen LogP contribution in [0, 0.1) is 19.3 Å². The second-order valence-electron chi connectivity index (χ2n) is 7.76. The minimum atomic E-state index is -0.256. The van der Waals surface area contributed by atoms with Gasteiger partial charge in [0, 0.05) is 22.5 Å². The Morgan fingerprint density at radius 2 is 2.03 bits per heavy atom. The molecule has 2 aromatic carbocycles. The first-order valence-corrected chi connectivity index (χ1v) is 9.98. The number of benzene rings is 2. The van der Waals surface area contributed by atoms with Crippen molar-refractivity contribution < 1.29 is 9.90 Å². The predicted octanol–water partition coefficient (Wildman–Crippen LogP) is 3.15. The van der Waals surface area contributed by atoms with Crippen LogP contribution in [0.5, 0.6) is 5.75 Å². The molecule has 4 rings (SSSR count). The number of rotatable bonds is 5. The number of nitrogens with one attached hydrogen (secondary N) is 2. The number of aromatic hydroxyl groups is 1. The number of aryl methyl sites for hydroxylation is 2. The van der Waals surface area contributed by atoms with Gasteiger partial charge < -0.3 is 16.2 Å². The summed E-state index contributed by atoms with van der Waals surface area (Å²) in [6.07, 6.45) is 3.28. The van der Waals surface area contributed by atoms with E-state index in [0.29, 0.717) is 16.8 Å². The number of nitrogens with two attached hydrogens (primary N) is 1. The summed E-state index contributed by atoms with van der Waals surface area (Å²) in [5.41, 5.74) is 12.9. The second kappa shape index (κ2) is 7.67. The average molecular weight is 403 g/mol. The number of amides is 1. The molecular formula is C23H25N5O2. The summed E-state index contributed by atoms with van der Waals surface area (Å²) in [7, 11) is 0. The van der Waals surface area contributed by atoms with Gasteiger partial charge in [-0.05, 0) is 80.6 Å². The molecule has 7 heteroatoms. The van der Waals surface area contributed by atoms with E-state index in [1.807, 2.05) is 29.8 Å². The van der Waals surface area contributed by atoms with E-state index in [9.17, 15) is 9.90 Å². The van der Waals surface area contributed by atoms with Gasteiger partial charge in [-0.2, -0.15) is 5.10 Å². The molecule has 3 aromatic rings. The van der Waals surface area contributed by atoms with Crippen molar-refractivity contribution in [3.05, 3.63) is 70.0 Å². The normalized spacial score (nSPS) is 12.6. The quantitative estimate of drug-likeness (QED) is 0.387. The van der Waals surface area contributed by atoms with E-state index in [4.69, 9.17) is 16.2 Å². The van der Waals surface area contributed by atoms with Gasteiger partial charge in [0.05, 0.1) is 17.8 Å². The summed E-state index contributed by atoms with van der Waals surface area (Å²) >= 11 is 0. The topological polar surface area (TPSA) is 117 Å². The molecule has 0 bridgehead atoms. The fourth-order valence-corrected chi connectivity index (χ4v) is 4.06. The van der Waals surface area contributed by atoms with Gasteiger partial charge in [0.2, 0.25) is 5.91 Å². The van der Waals surface area contributed by atoms with Crippen LogP contribution in [0.15, 0.2) is 36.4 Å². The van der Waals surface area contributed by atoms with Gasteiger partial charge >= 0.3 is 0 Å². The molecule has 1 aliphatic rings. The van der Waals surface area contributed by atoms with Gasteiger partial charge in [0.25, 0.3) is 0 Å². The minimum Gasteiger partial charge on any atom is -0.508 e. The number of phenolic OH excluding ortho intramolecular Hbond substituents is 1. The van der Waals surface area contributed by atoms with E-state index in [2.05, 4.69) is 12.2 Å². The van der Waals surface area contributed by atoms with Crippen molar-refractivity contribution in [2.24, 2.45) is 5.73 Å². The van der Waals surface area contributed by atoms with Crippen molar-refractivity contribution >= 4 is 17.4 Å². The van der Waals surface area contributed by atoms with Gasteiger partial charge in [-0.3, -0.25) is 10.2 Å². The maximum Gasteiger partial charge on any atom is 0.228 e. The van der Waals surface area contributed by atoms with E-state index >= 15 is 0 Å². The highest BCUT2D eigenvalue weighted by atomic mass is 16.3. The van der Waals surface area contributed by atoms with Crippen LogP contribution in [-0.2, 0) is 24.1 Å². The Hall–Kier alpha value is -3.61. The Morgan fingerprint density at radius 3 is 2.77 bits per heavy atom. The fraction of sp³-hybridized carbons (Fsp3) is 0.261. The van der Waals surface area contributed by atoms with Crippen LogP contribution >= 0.6 is 0 Å². The molecule has 5 N–H and O–H groups in total. The van der Waals surface area contributed by atoms with Gasteiger partial charge in [0.15, 0.2) is 0 Å². The second-order valence-corrected chi connectivity index (χ2v) is 7.76. The lowest BCUT2D eigenvalue weighted by atomic mass is 10.1. The highest BCUT2D eigenvalue weighted by Gasteiger charge is 2.21. The van der Waals surface area contributed by atoms with Gasteiger partial charge in [0.1, 0.15) is 11.6 Å². The third-order valence-electron chi connectivity index (χ3n) is 5.58. The number of aromatic nitrogens is 2. The van der Waals surface area contributed by atoms with Crippen LogP contribution in [0.1, 0.15) is 40.1 Å². The van der Waals surface area contributed by atoms with E-state index < -0.39 is 0 Å². The lowest BCUT2D eigenvalue weighted by molar-refractivity contribution is -0.115. The zero-order valence-electron chi connectivity index (χ0n) is 17.1. The number of anilines is 1. The van der Waals surface area contributed by atoms with Crippen molar-refractivity contribution in [2.45, 2.75) is 39.5 Å². The highest BCUT2D eigenvalue weighted by molar-refractivity contribution is 5.96. The summed E-state index contributed by atoms with van der Waals surface area (Å²) in [5.74, 6) is -0.359. The largest absolute Gasteiger partial charge is 0.508 e. The van der Waals surface area contributed by atoms with Crippen molar-refractivity contribution in [1.29, 1.82) is 5.41 Å². The number of amidine groups is 1. The summed E-state index contributed by atoms with van der Waals surface area (Å²) in [4.78, 5) is 12.5. The Balaban J connectivity index is 1.52. The van der Waals surface area contributed by atoms with Gasteiger partial charge in [-0.25, -0.2) is 4.68 Å². The molecule has 1 amide bonds. The summed E-state index contributed by atoms with van der Waals surface area (Å²) in [5, 5.41) is 25.1. The number of phenols is 1. The Kier molecular flexibility index (Phi) is 5.03. The number of hydrogen-bond acceptors (Lipinski definition) is 4. The van der Waals surface area contributed by atoms with Crippen LogP contribution in [-0.4, -0.2) is 26.6 Å². The van der Waals surface area contributed by atoms with Gasteiger partial charge in [-0.1, -0.05) is 0 Å². The maximum absolute atomic E-state index is 12.5. The SMILES string of the molecule is Cc1cc(NC(=O)Cc2cc(C(=N)N)ccc2O)ccc1-n1nc(C)c2c1CCC2. The zero-order chi connectivity index (χ0) is 21.4. The number of nitrogen functional groups attached to an aromatic ring is 1. The van der Waals surface area contributed by atoms with Crippen LogP contribution in [0.2, 0.25) is 0 Å². The molecule has 0 fully saturated rings. The molecule has 0 saturated heterocycles. The molecule has 7 nitrogen and oxygen atoms in total. The highest BCUT2D eigenvalue weighted by Crippen LogP contribution is 2.29. The van der Waals surface area contributed by atoms with E-state index in [-0.39, 0.29) is 23.9 Å². The lowest BCUT2D eigenvalue weighted by Gasteiger charge is -2.12. The Morgan fingerprint density at radius 1 is 1.23 bits per heavy atom. The number of carbonyl (C=O) groups excluding carboxylic acids is 1. The molecule has 1 aliphatic carbocycles. The maximum atomic E-state index is 12.5. The molecule has 0 unspecified atom stereocenters. The first-order valence-electron chi connectivity index (χ1n) is 9.98. The predicted molar refractivity (Wildman–Crippen MR) is 117 cm³/mol. The molecule has 1 aromatic heterocycles. The summed E-state index contributed by atoms with van der Waals surface area (Å²) in [6.45, 7) is 4.06. The Bertz CT molecular complexity index is 1160. The molecule has 0 aliphatic heterocycles. The average Bonchev–Trinajstić information content (AvgIpc) is 3.28. The third-order valence-corrected chi connectivity index (χ3v) is 5.58. The smallest absolute Gasteiger partial charge is 0.228 e. The first kappa shape index (κ1) is 19.7. The van der Waals surface area contributed by atoms with Crippen molar-refractivity contribution in [3.63, 3.8) is 0 Å². The number of fused-ring (bicyclic) bond motifs is 1. The van der Waals surface area contributed by atoms with Crippen molar-refractivity contribution in [3.8, 4) is 11.4 Å². The molecule has 0 saturated carbocycles. The number of nitrogens with zero attached hydrogens (tertiary/aromatic N) is 2. The van der Waals surface area contributed by atoms with Crippen LogP contribution in [0.4, 0.5) is 5.69 Å². The molecular weight excluding hydrogens is 378 g/mol. The van der Waals surface area contributed by atoms with Gasteiger partial charge in [-0.15, -0.1) is 0 Å². The van der Waals surface area contributed by atoms with Crippen LogP contribution in [0.3, 0.4) is 0 Å². The van der Waals surface area contributed by atoms with Crippen LogP contribution < -0.4 is 11.1 Å². The van der Waals surface area contributed by atoms with Crippen molar-refractivity contribution in [2.75, 3.05) is 5.32 Å². The van der Waals surface area contributed by atoms with E-state index in [1.165, 1.54) is 23.7 Å². The van der Waals surface area contributed by atoms with Crippen molar-refractivity contribution in [1.82, 2.24) is 9.78 Å². The molecule has 0 atom stereocenters. The monoisotopic (exact) mass is 403 g/mol. The standard InChI is InChI=1S/C23H25N5O2/c1-13-10-17(7-8-19(13)28-20-5-3-4-18(20)14(2)27-28)26-22(30)12-16-11-15(23(24)25)6-9-21(16)29/h6-11,29H,3-5,12H2,1-2H3,(H3,24,25)(H,26,30). The van der Waals surface area contributed by atoms with E-state index in [0.717, 1.165) is 29.8 Å². The third kappa shape index (κ3) is 3.66. The fourth-order valence-electron chi connectivity index (χ4n) is 4.06. The minimum absolute atomic E-state index is 0.00425. The van der Waals surface area contributed by atoms with Crippen LogP contribution in [0.25, 0.3) is 5.69 Å². The lowest BCUT2D eigenvalue weighted by Crippen LogP contribution is -2.16. The molecule has 0 spiro atoms. The number of hydrogen-bond donors (Lipinski definition) is 4. The zero-order valence-corrected chi connectivity index (χ0v) is 17.1. The molecule has 0 radical (unpaired) electrons.